The van der Waals surface area contributed by atoms with Crippen LogP contribution in [0.15, 0.2) is 24.3 Å². The molecule has 0 radical (unpaired) electrons. The van der Waals surface area contributed by atoms with Gasteiger partial charge in [-0.1, -0.05) is 12.1 Å². The van der Waals surface area contributed by atoms with Crippen LogP contribution in [0.4, 0.5) is 0 Å². The van der Waals surface area contributed by atoms with Crippen molar-refractivity contribution in [3.63, 3.8) is 0 Å². The highest BCUT2D eigenvalue weighted by molar-refractivity contribution is 5.84. The van der Waals surface area contributed by atoms with Crippen molar-refractivity contribution in [3.8, 4) is 5.75 Å². The summed E-state index contributed by atoms with van der Waals surface area (Å²) >= 11 is 0. The van der Waals surface area contributed by atoms with E-state index in [0.717, 1.165) is 5.56 Å². The quantitative estimate of drug-likeness (QED) is 0.667. The zero-order valence-corrected chi connectivity index (χ0v) is 10.1. The second kappa shape index (κ2) is 6.61. The number of methoxy groups -OCH3 is 1. The number of carboxylic acid groups (broad SMARTS) is 1. The zero-order valence-electron chi connectivity index (χ0n) is 10.1. The highest BCUT2D eigenvalue weighted by Crippen LogP contribution is 2.12. The Morgan fingerprint density at radius 2 is 2.22 bits per heavy atom. The lowest BCUT2D eigenvalue weighted by molar-refractivity contribution is -0.140. The number of hydrogen-bond acceptors (Lipinski definition) is 4. The average molecular weight is 252 g/mol. The van der Waals surface area contributed by atoms with Crippen LogP contribution in [0.25, 0.3) is 0 Å². The molecule has 1 amide bonds. The van der Waals surface area contributed by atoms with E-state index < -0.39 is 17.9 Å². The van der Waals surface area contributed by atoms with Crippen molar-refractivity contribution in [2.45, 2.75) is 19.0 Å². The Kier molecular flexibility index (Phi) is 5.13. The van der Waals surface area contributed by atoms with E-state index in [0.29, 0.717) is 12.3 Å². The molecule has 0 saturated heterocycles. The fourth-order valence-corrected chi connectivity index (χ4v) is 1.34. The van der Waals surface area contributed by atoms with Crippen molar-refractivity contribution in [3.05, 3.63) is 29.8 Å². The van der Waals surface area contributed by atoms with E-state index in [1.807, 2.05) is 12.1 Å². The van der Waals surface area contributed by atoms with Gasteiger partial charge in [0.25, 0.3) is 0 Å². The molecule has 0 aromatic heterocycles. The van der Waals surface area contributed by atoms with Gasteiger partial charge in [0.05, 0.1) is 13.5 Å². The molecule has 0 bridgehead atoms. The maximum atomic E-state index is 11.4. The van der Waals surface area contributed by atoms with Crippen molar-refractivity contribution in [2.24, 2.45) is 5.73 Å². The Balaban J connectivity index is 2.44. The van der Waals surface area contributed by atoms with E-state index >= 15 is 0 Å². The topological polar surface area (TPSA) is 102 Å². The number of carbonyl (C=O) groups excluding carboxylic acids is 1. The number of carboxylic acids is 1. The van der Waals surface area contributed by atoms with Gasteiger partial charge in [0.2, 0.25) is 5.91 Å². The van der Waals surface area contributed by atoms with Crippen LogP contribution in [0, 0.1) is 0 Å². The number of benzene rings is 1. The molecule has 0 aliphatic heterocycles. The van der Waals surface area contributed by atoms with Crippen LogP contribution in [-0.2, 0) is 16.1 Å². The first-order valence-electron chi connectivity index (χ1n) is 5.41. The van der Waals surface area contributed by atoms with E-state index in [2.05, 4.69) is 5.32 Å². The molecule has 0 saturated carbocycles. The molecule has 1 rings (SSSR count). The van der Waals surface area contributed by atoms with Gasteiger partial charge in [-0.25, -0.2) is 0 Å². The number of nitrogens with one attached hydrogen (secondary N) is 1. The van der Waals surface area contributed by atoms with E-state index in [1.165, 1.54) is 0 Å². The highest BCUT2D eigenvalue weighted by atomic mass is 16.5. The fourth-order valence-electron chi connectivity index (χ4n) is 1.34. The highest BCUT2D eigenvalue weighted by Gasteiger charge is 2.15. The van der Waals surface area contributed by atoms with Gasteiger partial charge in [-0.15, -0.1) is 0 Å². The summed E-state index contributed by atoms with van der Waals surface area (Å²) in [6.07, 6.45) is -0.237. The molecular weight excluding hydrogens is 236 g/mol. The number of nitrogens with two attached hydrogens (primary N) is 1. The molecule has 1 aromatic rings. The standard InChI is InChI=1S/C12H16N2O4/c1-18-9-4-2-3-8(5-9)7-14-11(15)6-10(13)12(16)17/h2-5,10H,6-7,13H2,1H3,(H,14,15)(H,16,17). The fraction of sp³-hybridized carbons (Fsp3) is 0.333. The Labute approximate surface area is 105 Å². The first kappa shape index (κ1) is 14.0. The molecular formula is C12H16N2O4. The monoisotopic (exact) mass is 252 g/mol. The van der Waals surface area contributed by atoms with Crippen molar-refractivity contribution < 1.29 is 19.4 Å². The lowest BCUT2D eigenvalue weighted by atomic mass is 10.2. The summed E-state index contributed by atoms with van der Waals surface area (Å²) in [6, 6.07) is 6.06. The first-order valence-corrected chi connectivity index (χ1v) is 5.41. The number of hydrogen-bond donors (Lipinski definition) is 3. The van der Waals surface area contributed by atoms with Crippen LogP contribution in [0.1, 0.15) is 12.0 Å². The Hall–Kier alpha value is -2.08. The van der Waals surface area contributed by atoms with Gasteiger partial charge >= 0.3 is 5.97 Å². The van der Waals surface area contributed by atoms with Crippen LogP contribution in [0.2, 0.25) is 0 Å². The second-order valence-electron chi connectivity index (χ2n) is 3.78. The Morgan fingerprint density at radius 1 is 1.50 bits per heavy atom. The van der Waals surface area contributed by atoms with Crippen molar-refractivity contribution in [1.29, 1.82) is 0 Å². The molecule has 1 aromatic carbocycles. The summed E-state index contributed by atoms with van der Waals surface area (Å²) < 4.78 is 5.05. The van der Waals surface area contributed by atoms with E-state index in [1.54, 1.807) is 19.2 Å². The van der Waals surface area contributed by atoms with Gasteiger partial charge in [-0.05, 0) is 17.7 Å². The third-order valence-electron chi connectivity index (χ3n) is 2.35. The molecule has 0 fully saturated rings. The van der Waals surface area contributed by atoms with Gasteiger partial charge in [0.1, 0.15) is 11.8 Å². The van der Waals surface area contributed by atoms with Crippen molar-refractivity contribution >= 4 is 11.9 Å². The molecule has 1 atom stereocenters. The summed E-state index contributed by atoms with van der Waals surface area (Å²) in [6.45, 7) is 0.308. The minimum absolute atomic E-state index is 0.237. The molecule has 0 heterocycles. The summed E-state index contributed by atoms with van der Waals surface area (Å²) in [5.41, 5.74) is 6.12. The van der Waals surface area contributed by atoms with Crippen LogP contribution >= 0.6 is 0 Å². The third kappa shape index (κ3) is 4.42. The zero-order chi connectivity index (χ0) is 13.5. The summed E-state index contributed by atoms with van der Waals surface area (Å²) in [4.78, 5) is 21.9. The first-order chi connectivity index (χ1) is 8.52. The predicted octanol–water partition coefficient (Wildman–Crippen LogP) is 0.113. The normalized spacial score (nSPS) is 11.7. The van der Waals surface area contributed by atoms with Crippen LogP contribution in [0.5, 0.6) is 5.75 Å². The van der Waals surface area contributed by atoms with Crippen LogP contribution < -0.4 is 15.8 Å². The SMILES string of the molecule is COc1cccc(CNC(=O)CC(N)C(=O)O)c1. The number of amides is 1. The lowest BCUT2D eigenvalue weighted by Gasteiger charge is -2.08. The minimum Gasteiger partial charge on any atom is -0.497 e. The van der Waals surface area contributed by atoms with Crippen LogP contribution in [0.3, 0.4) is 0 Å². The molecule has 0 aliphatic rings. The smallest absolute Gasteiger partial charge is 0.321 e. The van der Waals surface area contributed by atoms with Gasteiger partial charge < -0.3 is 20.9 Å². The number of rotatable bonds is 6. The number of aliphatic carboxylic acids is 1. The summed E-state index contributed by atoms with van der Waals surface area (Å²) in [7, 11) is 1.56. The maximum absolute atomic E-state index is 11.4. The van der Waals surface area contributed by atoms with Gasteiger partial charge in [-0.2, -0.15) is 0 Å². The average Bonchev–Trinajstić information content (AvgIpc) is 2.36. The number of carbonyl (C=O) groups is 2. The van der Waals surface area contributed by atoms with E-state index in [9.17, 15) is 9.59 Å². The number of ether oxygens (including phenoxy) is 1. The van der Waals surface area contributed by atoms with Gasteiger partial charge in [0, 0.05) is 6.54 Å². The molecule has 98 valence electrons. The van der Waals surface area contributed by atoms with E-state index in [-0.39, 0.29) is 6.42 Å². The van der Waals surface area contributed by atoms with Crippen molar-refractivity contribution in [2.75, 3.05) is 7.11 Å². The molecule has 1 unspecified atom stereocenters. The second-order valence-corrected chi connectivity index (χ2v) is 3.78. The Morgan fingerprint density at radius 3 is 2.83 bits per heavy atom. The molecule has 6 nitrogen and oxygen atoms in total. The van der Waals surface area contributed by atoms with Gasteiger partial charge in [0.15, 0.2) is 0 Å². The lowest BCUT2D eigenvalue weighted by Crippen LogP contribution is -2.36. The maximum Gasteiger partial charge on any atom is 0.321 e. The summed E-state index contributed by atoms with van der Waals surface area (Å²) in [5, 5.41) is 11.2. The largest absolute Gasteiger partial charge is 0.497 e. The van der Waals surface area contributed by atoms with Crippen molar-refractivity contribution in [1.82, 2.24) is 5.32 Å². The van der Waals surface area contributed by atoms with E-state index in [4.69, 9.17) is 15.6 Å². The predicted molar refractivity (Wildman–Crippen MR) is 65.1 cm³/mol. The third-order valence-corrected chi connectivity index (χ3v) is 2.35. The molecule has 0 spiro atoms. The molecule has 18 heavy (non-hydrogen) atoms. The van der Waals surface area contributed by atoms with Crippen LogP contribution in [-0.4, -0.2) is 30.1 Å². The Bertz CT molecular complexity index is 434. The molecule has 6 heteroatoms. The minimum atomic E-state index is -1.19. The molecule has 4 N–H and O–H groups in total. The summed E-state index contributed by atoms with van der Waals surface area (Å²) in [5.74, 6) is -0.886. The molecule has 0 aliphatic carbocycles. The van der Waals surface area contributed by atoms with Gasteiger partial charge in [-0.3, -0.25) is 9.59 Å².